The molecule has 3 rings (SSSR count). The van der Waals surface area contributed by atoms with Crippen LogP contribution in [-0.4, -0.2) is 27.1 Å². The van der Waals surface area contributed by atoms with Gasteiger partial charge in [0.15, 0.2) is 0 Å². The molecule has 0 unspecified atom stereocenters. The smallest absolute Gasteiger partial charge is 0.310 e. The quantitative estimate of drug-likeness (QED) is 0.675. The normalized spacial score (nSPS) is 14.1. The molecule has 1 aliphatic carbocycles. The molecule has 1 aliphatic rings. The van der Waals surface area contributed by atoms with Crippen LogP contribution in [0.15, 0.2) is 30.3 Å². The lowest BCUT2D eigenvalue weighted by atomic mass is 9.82. The first-order valence-corrected chi connectivity index (χ1v) is 6.85. The van der Waals surface area contributed by atoms with Crippen molar-refractivity contribution in [2.45, 2.75) is 19.3 Å². The number of hydrogen-bond acceptors (Lipinski definition) is 4. The summed E-state index contributed by atoms with van der Waals surface area (Å²) in [6.07, 6.45) is 0.403. The van der Waals surface area contributed by atoms with Gasteiger partial charge in [-0.15, -0.1) is 0 Å². The van der Waals surface area contributed by atoms with Gasteiger partial charge >= 0.3 is 5.97 Å². The highest BCUT2D eigenvalue weighted by Gasteiger charge is 2.31. The third kappa shape index (κ3) is 1.94. The molecule has 5 heteroatoms. The van der Waals surface area contributed by atoms with Crippen molar-refractivity contribution < 1.29 is 24.9 Å². The maximum Gasteiger partial charge on any atom is 0.310 e. The number of carbonyl (C=O) groups is 2. The molecule has 5 nitrogen and oxygen atoms in total. The molecular weight excluding hydrogens is 284 g/mol. The Labute approximate surface area is 126 Å². The van der Waals surface area contributed by atoms with Crippen molar-refractivity contribution >= 4 is 11.8 Å². The summed E-state index contributed by atoms with van der Waals surface area (Å²) in [5.74, 6) is -2.94. The highest BCUT2D eigenvalue weighted by atomic mass is 16.4. The summed E-state index contributed by atoms with van der Waals surface area (Å²) in [5.41, 5.74) is 1.77. The molecule has 0 aliphatic heterocycles. The predicted octanol–water partition coefficient (Wildman–Crippen LogP) is 2.42. The van der Waals surface area contributed by atoms with Gasteiger partial charge in [0.2, 0.25) is 5.78 Å². The summed E-state index contributed by atoms with van der Waals surface area (Å²) < 4.78 is 0. The summed E-state index contributed by atoms with van der Waals surface area (Å²) in [4.78, 5) is 23.7. The molecule has 0 spiro atoms. The number of rotatable bonds is 2. The molecule has 2 aromatic carbocycles. The number of carboxylic acids is 1. The van der Waals surface area contributed by atoms with Gasteiger partial charge in [-0.25, -0.2) is 0 Å². The minimum absolute atomic E-state index is 0.0830. The first-order chi connectivity index (χ1) is 10.4. The topological polar surface area (TPSA) is 94.8 Å². The van der Waals surface area contributed by atoms with E-state index in [2.05, 4.69) is 0 Å². The van der Waals surface area contributed by atoms with Crippen LogP contribution in [-0.2, 0) is 11.2 Å². The van der Waals surface area contributed by atoms with Crippen LogP contribution in [0.4, 0.5) is 0 Å². The number of phenolic OH excluding ortho intramolecular Hbond substituents is 2. The van der Waals surface area contributed by atoms with Crippen LogP contribution in [0.3, 0.4) is 0 Å². The lowest BCUT2D eigenvalue weighted by Crippen LogP contribution is -2.17. The first kappa shape index (κ1) is 14.1. The van der Waals surface area contributed by atoms with Gasteiger partial charge in [-0.3, -0.25) is 9.59 Å². The molecule has 1 atom stereocenters. The number of hydrogen-bond donors (Lipinski definition) is 3. The number of carboxylic acid groups (broad SMARTS) is 1. The second-order valence-electron chi connectivity index (χ2n) is 5.41. The van der Waals surface area contributed by atoms with Crippen LogP contribution >= 0.6 is 0 Å². The third-order valence-electron chi connectivity index (χ3n) is 4.10. The lowest BCUT2D eigenvalue weighted by Gasteiger charge is -2.22. The van der Waals surface area contributed by atoms with Gasteiger partial charge in [-0.2, -0.15) is 0 Å². The van der Waals surface area contributed by atoms with Crippen molar-refractivity contribution in [2.24, 2.45) is 0 Å². The molecule has 0 saturated carbocycles. The Kier molecular flexibility index (Phi) is 3.13. The van der Waals surface area contributed by atoms with Crippen LogP contribution in [0.1, 0.15) is 45.5 Å². The number of aromatic hydroxyl groups is 2. The van der Waals surface area contributed by atoms with Crippen molar-refractivity contribution in [1.29, 1.82) is 0 Å². The largest absolute Gasteiger partial charge is 0.507 e. The molecule has 0 radical (unpaired) electrons. The number of carbonyl (C=O) groups excluding carboxylic acids is 1. The summed E-state index contributed by atoms with van der Waals surface area (Å²) in [5, 5.41) is 29.4. The van der Waals surface area contributed by atoms with Crippen LogP contribution in [0.2, 0.25) is 0 Å². The van der Waals surface area contributed by atoms with E-state index in [0.717, 1.165) is 0 Å². The van der Waals surface area contributed by atoms with E-state index in [1.165, 1.54) is 19.1 Å². The maximum absolute atomic E-state index is 12.6. The average Bonchev–Trinajstić information content (AvgIpc) is 2.46. The van der Waals surface area contributed by atoms with E-state index in [-0.39, 0.29) is 28.2 Å². The van der Waals surface area contributed by atoms with Crippen molar-refractivity contribution in [1.82, 2.24) is 0 Å². The summed E-state index contributed by atoms with van der Waals surface area (Å²) in [6, 6.07) is 8.03. The van der Waals surface area contributed by atoms with Crippen LogP contribution in [0.5, 0.6) is 11.5 Å². The zero-order valence-corrected chi connectivity index (χ0v) is 11.8. The third-order valence-corrected chi connectivity index (χ3v) is 4.10. The maximum atomic E-state index is 12.6. The molecule has 0 aromatic heterocycles. The molecule has 2 aromatic rings. The zero-order chi connectivity index (χ0) is 16.0. The van der Waals surface area contributed by atoms with Crippen LogP contribution in [0.25, 0.3) is 0 Å². The first-order valence-electron chi connectivity index (χ1n) is 6.85. The molecule has 3 N–H and O–H groups in total. The fraction of sp³-hybridized carbons (Fsp3) is 0.176. The van der Waals surface area contributed by atoms with E-state index < -0.39 is 17.7 Å². The Balaban J connectivity index is 2.20. The van der Waals surface area contributed by atoms with Crippen molar-refractivity contribution in [3.63, 3.8) is 0 Å². The molecular formula is C17H14O5. The van der Waals surface area contributed by atoms with E-state index in [9.17, 15) is 19.8 Å². The zero-order valence-electron chi connectivity index (χ0n) is 11.8. The Hall–Kier alpha value is -2.82. The molecule has 0 fully saturated rings. The number of phenols is 2. The van der Waals surface area contributed by atoms with E-state index in [0.29, 0.717) is 17.5 Å². The standard InChI is InChI=1S/C17H14O5/c1-8(17(21)22)11-6-5-10-7-9-3-2-4-12(18)13(9)16(20)14(10)15(11)19/h2-6,8,18-19H,7H2,1H3,(H,21,22)/t8-/m0/s1. The van der Waals surface area contributed by atoms with Gasteiger partial charge in [0.1, 0.15) is 11.5 Å². The highest BCUT2D eigenvalue weighted by Crippen LogP contribution is 2.39. The van der Waals surface area contributed by atoms with Gasteiger partial charge in [-0.05, 0) is 30.5 Å². The molecule has 0 bridgehead atoms. The predicted molar refractivity (Wildman–Crippen MR) is 78.5 cm³/mol. The number of fused-ring (bicyclic) bond motifs is 2. The van der Waals surface area contributed by atoms with Crippen molar-refractivity contribution in [3.05, 3.63) is 58.1 Å². The van der Waals surface area contributed by atoms with Gasteiger partial charge in [0.05, 0.1) is 17.0 Å². The highest BCUT2D eigenvalue weighted by molar-refractivity contribution is 6.15. The Morgan fingerprint density at radius 1 is 1.09 bits per heavy atom. The van der Waals surface area contributed by atoms with E-state index >= 15 is 0 Å². The van der Waals surface area contributed by atoms with E-state index in [4.69, 9.17) is 5.11 Å². The number of benzene rings is 2. The van der Waals surface area contributed by atoms with Crippen LogP contribution < -0.4 is 0 Å². The molecule has 0 heterocycles. The van der Waals surface area contributed by atoms with Gasteiger partial charge < -0.3 is 15.3 Å². The van der Waals surface area contributed by atoms with Gasteiger partial charge in [0.25, 0.3) is 0 Å². The number of ketones is 1. The lowest BCUT2D eigenvalue weighted by molar-refractivity contribution is -0.138. The van der Waals surface area contributed by atoms with Crippen molar-refractivity contribution in [3.8, 4) is 11.5 Å². The SMILES string of the molecule is C[C@H](C(=O)O)c1ccc2c(c1O)C(=O)c1c(O)cccc1C2. The second kappa shape index (κ2) is 4.87. The minimum atomic E-state index is -1.08. The van der Waals surface area contributed by atoms with Crippen molar-refractivity contribution in [2.75, 3.05) is 0 Å². The average molecular weight is 298 g/mol. The summed E-state index contributed by atoms with van der Waals surface area (Å²) >= 11 is 0. The Morgan fingerprint density at radius 2 is 1.77 bits per heavy atom. The molecule has 0 saturated heterocycles. The number of aliphatic carboxylic acids is 1. The van der Waals surface area contributed by atoms with E-state index in [1.807, 2.05) is 0 Å². The fourth-order valence-corrected chi connectivity index (χ4v) is 2.86. The monoisotopic (exact) mass is 298 g/mol. The Morgan fingerprint density at radius 3 is 2.45 bits per heavy atom. The second-order valence-corrected chi connectivity index (χ2v) is 5.41. The minimum Gasteiger partial charge on any atom is -0.507 e. The summed E-state index contributed by atoms with van der Waals surface area (Å²) in [6.45, 7) is 1.45. The Bertz CT molecular complexity index is 807. The van der Waals surface area contributed by atoms with Gasteiger partial charge in [0, 0.05) is 5.56 Å². The molecule has 0 amide bonds. The summed E-state index contributed by atoms with van der Waals surface area (Å²) in [7, 11) is 0. The van der Waals surface area contributed by atoms with Gasteiger partial charge in [-0.1, -0.05) is 24.3 Å². The molecule has 112 valence electrons. The van der Waals surface area contributed by atoms with E-state index in [1.54, 1.807) is 18.2 Å². The fourth-order valence-electron chi connectivity index (χ4n) is 2.86. The van der Waals surface area contributed by atoms with Crippen LogP contribution in [0, 0.1) is 0 Å². The molecule has 22 heavy (non-hydrogen) atoms.